The minimum atomic E-state index is -0.317. The van der Waals surface area contributed by atoms with Crippen LogP contribution >= 0.6 is 11.6 Å². The van der Waals surface area contributed by atoms with Gasteiger partial charge in [0.1, 0.15) is 0 Å². The molecule has 0 aliphatic carbocycles. The Labute approximate surface area is 164 Å². The number of rotatable bonds is 5. The average Bonchev–Trinajstić information content (AvgIpc) is 2.95. The Balaban J connectivity index is 1.96. The standard InChI is InChI=1S/C22H21ClN2O2/c1-4-27-22(26)17-8-7-9-19(13-17)25-15(2)12-18(16(25)3)14-24-21-11-6-5-10-20(21)23/h5-14H,4H2,1-3H3. The molecule has 0 unspecified atom stereocenters. The molecule has 0 atom stereocenters. The molecule has 4 nitrogen and oxygen atoms in total. The van der Waals surface area contributed by atoms with Gasteiger partial charge in [-0.1, -0.05) is 29.8 Å². The fourth-order valence-corrected chi connectivity index (χ4v) is 3.18. The van der Waals surface area contributed by atoms with E-state index in [4.69, 9.17) is 16.3 Å². The van der Waals surface area contributed by atoms with Crippen molar-refractivity contribution in [1.29, 1.82) is 0 Å². The summed E-state index contributed by atoms with van der Waals surface area (Å²) >= 11 is 6.17. The third-order valence-corrected chi connectivity index (χ3v) is 4.60. The quantitative estimate of drug-likeness (QED) is 0.422. The van der Waals surface area contributed by atoms with Crippen LogP contribution in [-0.4, -0.2) is 23.4 Å². The van der Waals surface area contributed by atoms with Crippen molar-refractivity contribution in [2.24, 2.45) is 4.99 Å². The molecule has 0 spiro atoms. The number of aryl methyl sites for hydroxylation is 1. The molecule has 27 heavy (non-hydrogen) atoms. The van der Waals surface area contributed by atoms with Gasteiger partial charge in [-0.3, -0.25) is 4.99 Å². The second-order valence-corrected chi connectivity index (χ2v) is 6.55. The normalized spacial score (nSPS) is 11.1. The summed E-state index contributed by atoms with van der Waals surface area (Å²) in [5.74, 6) is -0.317. The Morgan fingerprint density at radius 2 is 1.93 bits per heavy atom. The minimum Gasteiger partial charge on any atom is -0.462 e. The predicted octanol–water partition coefficient (Wildman–Crippen LogP) is 5.67. The maximum Gasteiger partial charge on any atom is 0.338 e. The first-order chi connectivity index (χ1) is 13.0. The van der Waals surface area contributed by atoms with Crippen LogP contribution in [0, 0.1) is 13.8 Å². The van der Waals surface area contributed by atoms with E-state index < -0.39 is 0 Å². The zero-order valence-corrected chi connectivity index (χ0v) is 16.3. The van der Waals surface area contributed by atoms with Gasteiger partial charge in [-0.25, -0.2) is 4.79 Å². The van der Waals surface area contributed by atoms with Gasteiger partial charge in [-0.15, -0.1) is 0 Å². The van der Waals surface area contributed by atoms with E-state index in [1.165, 1.54) is 0 Å². The number of nitrogens with zero attached hydrogens (tertiary/aromatic N) is 2. The number of para-hydroxylation sites is 1. The zero-order chi connectivity index (χ0) is 19.4. The van der Waals surface area contributed by atoms with E-state index in [0.29, 0.717) is 17.2 Å². The number of benzene rings is 2. The second kappa shape index (κ2) is 8.23. The lowest BCUT2D eigenvalue weighted by Crippen LogP contribution is -2.06. The SMILES string of the molecule is CCOC(=O)c1cccc(-n2c(C)cc(C=Nc3ccccc3Cl)c2C)c1. The molecule has 0 N–H and O–H groups in total. The van der Waals surface area contributed by atoms with Crippen molar-refractivity contribution in [2.45, 2.75) is 20.8 Å². The maximum atomic E-state index is 12.0. The van der Waals surface area contributed by atoms with Crippen LogP contribution < -0.4 is 0 Å². The number of aromatic nitrogens is 1. The van der Waals surface area contributed by atoms with Gasteiger partial charge in [-0.05, 0) is 57.2 Å². The summed E-state index contributed by atoms with van der Waals surface area (Å²) in [5.41, 5.74) is 5.25. The van der Waals surface area contributed by atoms with Crippen molar-refractivity contribution in [1.82, 2.24) is 4.57 Å². The number of esters is 1. The Hall–Kier alpha value is -2.85. The van der Waals surface area contributed by atoms with Crippen LogP contribution in [0.25, 0.3) is 5.69 Å². The Kier molecular flexibility index (Phi) is 5.77. The molecule has 2 aromatic carbocycles. The maximum absolute atomic E-state index is 12.0. The van der Waals surface area contributed by atoms with Crippen molar-refractivity contribution in [2.75, 3.05) is 6.61 Å². The first-order valence-electron chi connectivity index (χ1n) is 8.76. The van der Waals surface area contributed by atoms with Gasteiger partial charge in [0.25, 0.3) is 0 Å². The molecule has 0 aliphatic heterocycles. The molecule has 0 saturated heterocycles. The van der Waals surface area contributed by atoms with Crippen molar-refractivity contribution < 1.29 is 9.53 Å². The fraction of sp³-hybridized carbons (Fsp3) is 0.182. The number of halogens is 1. The Morgan fingerprint density at radius 1 is 1.15 bits per heavy atom. The highest BCUT2D eigenvalue weighted by molar-refractivity contribution is 6.33. The minimum absolute atomic E-state index is 0.317. The molecule has 0 amide bonds. The van der Waals surface area contributed by atoms with E-state index >= 15 is 0 Å². The van der Waals surface area contributed by atoms with Crippen LogP contribution in [0.5, 0.6) is 0 Å². The van der Waals surface area contributed by atoms with Crippen LogP contribution in [0.2, 0.25) is 5.02 Å². The van der Waals surface area contributed by atoms with E-state index in [2.05, 4.69) is 15.6 Å². The highest BCUT2D eigenvalue weighted by atomic mass is 35.5. The van der Waals surface area contributed by atoms with Gasteiger partial charge in [0.05, 0.1) is 22.9 Å². The van der Waals surface area contributed by atoms with Crippen molar-refractivity contribution >= 4 is 29.5 Å². The smallest absolute Gasteiger partial charge is 0.338 e. The molecule has 0 saturated carbocycles. The van der Waals surface area contributed by atoms with Crippen molar-refractivity contribution in [3.63, 3.8) is 0 Å². The summed E-state index contributed by atoms with van der Waals surface area (Å²) in [7, 11) is 0. The molecular weight excluding hydrogens is 360 g/mol. The first kappa shape index (κ1) is 18.9. The number of ether oxygens (including phenoxy) is 1. The molecule has 0 radical (unpaired) electrons. The molecule has 1 heterocycles. The third-order valence-electron chi connectivity index (χ3n) is 4.28. The van der Waals surface area contributed by atoms with Gasteiger partial charge in [0, 0.05) is 28.9 Å². The van der Waals surface area contributed by atoms with Crippen molar-refractivity contribution in [3.05, 3.63) is 82.1 Å². The van der Waals surface area contributed by atoms with Gasteiger partial charge in [0.2, 0.25) is 0 Å². The van der Waals surface area contributed by atoms with Gasteiger partial charge >= 0.3 is 5.97 Å². The largest absolute Gasteiger partial charge is 0.462 e. The molecule has 138 valence electrons. The van der Waals surface area contributed by atoms with Crippen LogP contribution in [0.1, 0.15) is 34.2 Å². The van der Waals surface area contributed by atoms with E-state index in [0.717, 1.165) is 28.3 Å². The van der Waals surface area contributed by atoms with E-state index in [-0.39, 0.29) is 5.97 Å². The van der Waals surface area contributed by atoms with E-state index in [1.807, 2.05) is 62.5 Å². The fourth-order valence-electron chi connectivity index (χ4n) is 3.00. The number of carbonyl (C=O) groups excluding carboxylic acids is 1. The third kappa shape index (κ3) is 4.12. The summed E-state index contributed by atoms with van der Waals surface area (Å²) in [6.07, 6.45) is 1.81. The lowest BCUT2D eigenvalue weighted by atomic mass is 10.2. The van der Waals surface area contributed by atoms with E-state index in [1.54, 1.807) is 13.0 Å². The second-order valence-electron chi connectivity index (χ2n) is 6.14. The molecule has 3 rings (SSSR count). The number of aliphatic imine (C=N–C) groups is 1. The summed E-state index contributed by atoms with van der Waals surface area (Å²) in [5, 5.41) is 0.615. The Morgan fingerprint density at radius 3 is 2.67 bits per heavy atom. The highest BCUT2D eigenvalue weighted by Crippen LogP contribution is 2.25. The highest BCUT2D eigenvalue weighted by Gasteiger charge is 2.12. The molecule has 3 aromatic rings. The van der Waals surface area contributed by atoms with E-state index in [9.17, 15) is 4.79 Å². The summed E-state index contributed by atoms with van der Waals surface area (Å²) < 4.78 is 7.20. The van der Waals surface area contributed by atoms with Gasteiger partial charge < -0.3 is 9.30 Å². The summed E-state index contributed by atoms with van der Waals surface area (Å²) in [6.45, 7) is 6.20. The molecule has 1 aromatic heterocycles. The Bertz CT molecular complexity index is 1010. The van der Waals surface area contributed by atoms with Crippen LogP contribution in [0.4, 0.5) is 5.69 Å². The number of carbonyl (C=O) groups is 1. The number of hydrogen-bond acceptors (Lipinski definition) is 3. The van der Waals surface area contributed by atoms with Gasteiger partial charge in [0.15, 0.2) is 0 Å². The van der Waals surface area contributed by atoms with Gasteiger partial charge in [-0.2, -0.15) is 0 Å². The lowest BCUT2D eigenvalue weighted by molar-refractivity contribution is 0.0526. The van der Waals surface area contributed by atoms with Crippen LogP contribution in [0.3, 0.4) is 0 Å². The average molecular weight is 381 g/mol. The molecule has 0 bridgehead atoms. The molecule has 5 heteroatoms. The lowest BCUT2D eigenvalue weighted by Gasteiger charge is -2.11. The number of hydrogen-bond donors (Lipinski definition) is 0. The van der Waals surface area contributed by atoms with Crippen LogP contribution in [-0.2, 0) is 4.74 Å². The summed E-state index contributed by atoms with van der Waals surface area (Å²) in [6, 6.07) is 17.0. The summed E-state index contributed by atoms with van der Waals surface area (Å²) in [4.78, 5) is 16.5. The topological polar surface area (TPSA) is 43.6 Å². The molecule has 0 fully saturated rings. The molecule has 0 aliphatic rings. The van der Waals surface area contributed by atoms with Crippen molar-refractivity contribution in [3.8, 4) is 5.69 Å². The predicted molar refractivity (Wildman–Crippen MR) is 110 cm³/mol. The first-order valence-corrected chi connectivity index (χ1v) is 9.14. The zero-order valence-electron chi connectivity index (χ0n) is 15.6. The molecular formula is C22H21ClN2O2. The monoisotopic (exact) mass is 380 g/mol. The van der Waals surface area contributed by atoms with Crippen LogP contribution in [0.15, 0.2) is 59.6 Å².